The second-order valence-electron chi connectivity index (χ2n) is 23.5. The summed E-state index contributed by atoms with van der Waals surface area (Å²) < 4.78 is 0.427. The highest BCUT2D eigenvalue weighted by atomic mass is 79.9. The number of fused-ring (bicyclic) bond motifs is 2. The van der Waals surface area contributed by atoms with E-state index in [0.29, 0.717) is 4.47 Å². The second-order valence-corrected chi connectivity index (χ2v) is 24.4. The molecule has 0 bridgehead atoms. The predicted molar refractivity (Wildman–Crippen MR) is 297 cm³/mol. The van der Waals surface area contributed by atoms with Crippen molar-refractivity contribution in [2.75, 3.05) is 27.2 Å². The third-order valence-electron chi connectivity index (χ3n) is 15.7. The minimum absolute atomic E-state index is 0.0253. The summed E-state index contributed by atoms with van der Waals surface area (Å²) in [6.07, 6.45) is 5.18. The fraction of sp³-hybridized carbons (Fsp3) is 0.552. The van der Waals surface area contributed by atoms with Crippen molar-refractivity contribution < 1.29 is 38.4 Å². The monoisotopic (exact) mass is 1120 g/mol. The number of hydrogen-bond acceptors (Lipinski definition) is 10. The molecule has 8 amide bonds. The van der Waals surface area contributed by atoms with E-state index >= 15 is 0 Å². The van der Waals surface area contributed by atoms with Gasteiger partial charge in [0, 0.05) is 40.8 Å². The summed E-state index contributed by atoms with van der Waals surface area (Å²) in [5.41, 5.74) is 3.13. The maximum atomic E-state index is 14.7. The maximum absolute atomic E-state index is 14.7. The molecule has 18 nitrogen and oxygen atoms in total. The van der Waals surface area contributed by atoms with E-state index in [1.54, 1.807) is 40.1 Å². The minimum atomic E-state index is -1.01. The van der Waals surface area contributed by atoms with Gasteiger partial charge in [-0.15, -0.1) is 0 Å². The number of halogens is 1. The molecule has 2 aliphatic heterocycles. The lowest BCUT2D eigenvalue weighted by Gasteiger charge is -2.36. The van der Waals surface area contributed by atoms with Gasteiger partial charge in [0.05, 0.1) is 24.2 Å². The van der Waals surface area contributed by atoms with Gasteiger partial charge in [-0.1, -0.05) is 106 Å². The first-order valence-corrected chi connectivity index (χ1v) is 27.9. The van der Waals surface area contributed by atoms with Crippen molar-refractivity contribution in [1.82, 2.24) is 52.3 Å². The molecule has 8 N–H and O–H groups in total. The summed E-state index contributed by atoms with van der Waals surface area (Å²) >= 11 is 3.50. The Bertz CT molecular complexity index is 2540. The van der Waals surface area contributed by atoms with Gasteiger partial charge in [-0.25, -0.2) is 0 Å². The van der Waals surface area contributed by atoms with Crippen LogP contribution in [-0.2, 0) is 41.6 Å². The second kappa shape index (κ2) is 24.7. The number of aryl methyl sites for hydroxylation is 2. The number of carbonyl (C=O) groups excluding carboxylic acids is 8. The molecular weight excluding hydrogens is 1040 g/mol. The Hall–Kier alpha value is -6.18. The van der Waals surface area contributed by atoms with Gasteiger partial charge in [-0.2, -0.15) is 0 Å². The number of amides is 8. The van der Waals surface area contributed by atoms with E-state index < -0.39 is 82.8 Å². The summed E-state index contributed by atoms with van der Waals surface area (Å²) in [5, 5.41) is 24.2. The van der Waals surface area contributed by atoms with Crippen LogP contribution in [0.15, 0.2) is 71.2 Å². The highest BCUT2D eigenvalue weighted by molar-refractivity contribution is 9.10. The maximum Gasteiger partial charge on any atom is 0.251 e. The number of benzene rings is 3. The van der Waals surface area contributed by atoms with E-state index in [-0.39, 0.29) is 72.8 Å². The Morgan fingerprint density at radius 3 is 1.30 bits per heavy atom. The normalized spacial score (nSPS) is 22.7. The summed E-state index contributed by atoms with van der Waals surface area (Å²) in [6, 6.07) is 13.5. The molecule has 4 aliphatic rings. The number of nitrogens with zero attached hydrogens (tertiary/aromatic N) is 2. The van der Waals surface area contributed by atoms with E-state index in [1.807, 2.05) is 77.9 Å². The van der Waals surface area contributed by atoms with Gasteiger partial charge in [-0.05, 0) is 131 Å². The molecule has 0 spiro atoms. The fourth-order valence-electron chi connectivity index (χ4n) is 11.0. The van der Waals surface area contributed by atoms with Crippen LogP contribution in [0.1, 0.15) is 149 Å². The molecule has 1 unspecified atom stereocenters. The highest BCUT2D eigenvalue weighted by Crippen LogP contribution is 2.34. The average Bonchev–Trinajstić information content (AvgIpc) is 4.06. The molecule has 3 aromatic rings. The number of rotatable bonds is 16. The number of likely N-dealkylation sites (tertiary alicyclic amines) is 2. The van der Waals surface area contributed by atoms with Crippen LogP contribution in [0.25, 0.3) is 0 Å². The molecule has 3 aromatic carbocycles. The molecular formula is C58H79BrN10O8. The van der Waals surface area contributed by atoms with Gasteiger partial charge in [0.25, 0.3) is 11.8 Å². The zero-order chi connectivity index (χ0) is 56.1. The predicted octanol–water partition coefficient (Wildman–Crippen LogP) is 4.51. The van der Waals surface area contributed by atoms with Crippen LogP contribution in [-0.4, -0.2) is 133 Å². The number of hydrogen-bond donors (Lipinski definition) is 8. The molecule has 10 atom stereocenters. The zero-order valence-electron chi connectivity index (χ0n) is 46.2. The van der Waals surface area contributed by atoms with Crippen LogP contribution in [0.5, 0.6) is 0 Å². The molecule has 77 heavy (non-hydrogen) atoms. The van der Waals surface area contributed by atoms with Crippen molar-refractivity contribution in [1.29, 1.82) is 0 Å². The molecule has 416 valence electrons. The van der Waals surface area contributed by atoms with Gasteiger partial charge >= 0.3 is 0 Å². The summed E-state index contributed by atoms with van der Waals surface area (Å²) in [4.78, 5) is 117. The van der Waals surface area contributed by atoms with Crippen molar-refractivity contribution in [2.24, 2.45) is 10.8 Å². The fourth-order valence-corrected chi connectivity index (χ4v) is 11.5. The van der Waals surface area contributed by atoms with Crippen molar-refractivity contribution in [3.05, 3.63) is 105 Å². The third-order valence-corrected chi connectivity index (χ3v) is 16.1. The van der Waals surface area contributed by atoms with E-state index in [1.165, 1.54) is 15.9 Å². The average molecular weight is 1120 g/mol. The van der Waals surface area contributed by atoms with E-state index in [2.05, 4.69) is 70.6 Å². The first-order valence-electron chi connectivity index (χ1n) is 27.1. The van der Waals surface area contributed by atoms with Crippen LogP contribution in [0.3, 0.4) is 0 Å². The SMILES string of the molecule is CN[C@@H](C)C(=O)N[C@@H](C(=O)N1C[C@@H](NC(=O)c2cc(Br)cc(C(=O)N[C@H]3C[C@@H](C(=O)N[C@@H]4CCCc5ccccc54)N(C(=O)[C@H](NC(=O)[C@H](C)NC)C(C)(C)C)C3)c2)CC1C(=O)N[C@@H]1CCCc2ccccc21)C(C)(C)C. The molecule has 0 radical (unpaired) electrons. The molecule has 19 heteroatoms. The Balaban J connectivity index is 1.10. The van der Waals surface area contributed by atoms with Crippen molar-refractivity contribution in [2.45, 2.75) is 167 Å². The van der Waals surface area contributed by atoms with Crippen molar-refractivity contribution in [3.63, 3.8) is 0 Å². The van der Waals surface area contributed by atoms with Crippen LogP contribution in [0.2, 0.25) is 0 Å². The first kappa shape index (κ1) is 58.5. The van der Waals surface area contributed by atoms with Gasteiger partial charge in [0.15, 0.2) is 0 Å². The standard InChI is InChI=1S/C58H79BrN10O8/c1-32(60-9)49(70)66-47(57(3,4)5)55(76)68-30-39(28-45(68)53(74)64-43-23-15-19-34-17-11-13-21-41(34)43)62-51(72)36-25-37(27-38(59)26-36)52(73)63-40-29-46(54(75)65-44-24-16-20-35-18-12-14-22-42(35)44)69(31-40)56(77)48(58(6,7)8)67-50(71)33(2)61-10/h11-14,17-18,21-22,25-27,32-33,39-40,43-48,60-61H,15-16,19-20,23-24,28-31H2,1-10H3,(H,62,72)(H,63,73)(H,64,74)(H,65,75)(H,66,70)(H,67,71)/t32-,33-,39-,40-,43+,44+,45-,46?,47-,48-/m0/s1. The summed E-state index contributed by atoms with van der Waals surface area (Å²) in [7, 11) is 3.30. The van der Waals surface area contributed by atoms with Gasteiger partial charge in [0.1, 0.15) is 24.2 Å². The molecule has 2 aliphatic carbocycles. The largest absolute Gasteiger partial charge is 0.347 e. The lowest BCUT2D eigenvalue weighted by Crippen LogP contribution is -2.59. The van der Waals surface area contributed by atoms with E-state index in [9.17, 15) is 38.4 Å². The quantitative estimate of drug-likeness (QED) is 0.0999. The Morgan fingerprint density at radius 1 is 0.558 bits per heavy atom. The summed E-state index contributed by atoms with van der Waals surface area (Å²) in [6.45, 7) is 14.4. The topological polar surface area (TPSA) is 239 Å². The van der Waals surface area contributed by atoms with Crippen LogP contribution in [0.4, 0.5) is 0 Å². The van der Waals surface area contributed by atoms with Crippen LogP contribution >= 0.6 is 15.9 Å². The zero-order valence-corrected chi connectivity index (χ0v) is 47.8. The third kappa shape index (κ3) is 13.9. The highest BCUT2D eigenvalue weighted by Gasteiger charge is 2.48. The smallest absolute Gasteiger partial charge is 0.251 e. The first-order chi connectivity index (χ1) is 36.4. The summed E-state index contributed by atoms with van der Waals surface area (Å²) in [5.74, 6) is -3.49. The van der Waals surface area contributed by atoms with E-state index in [4.69, 9.17) is 0 Å². The lowest BCUT2D eigenvalue weighted by atomic mass is 9.85. The van der Waals surface area contributed by atoms with Crippen LogP contribution < -0.4 is 42.5 Å². The molecule has 0 aromatic heterocycles. The van der Waals surface area contributed by atoms with Crippen molar-refractivity contribution in [3.8, 4) is 0 Å². The van der Waals surface area contributed by atoms with Gasteiger partial charge < -0.3 is 52.3 Å². The van der Waals surface area contributed by atoms with Gasteiger partial charge in [-0.3, -0.25) is 38.4 Å². The Labute approximate surface area is 461 Å². The number of carbonyl (C=O) groups is 8. The Morgan fingerprint density at radius 2 is 0.935 bits per heavy atom. The van der Waals surface area contributed by atoms with Crippen molar-refractivity contribution >= 4 is 63.2 Å². The molecule has 0 saturated carbocycles. The number of likely N-dealkylation sites (N-methyl/N-ethyl adjacent to an activating group) is 2. The molecule has 2 saturated heterocycles. The van der Waals surface area contributed by atoms with E-state index in [0.717, 1.165) is 60.8 Å². The van der Waals surface area contributed by atoms with Crippen LogP contribution in [0, 0.1) is 10.8 Å². The van der Waals surface area contributed by atoms with Gasteiger partial charge in [0.2, 0.25) is 35.4 Å². The Kier molecular flexibility index (Phi) is 18.7. The molecule has 2 fully saturated rings. The molecule has 7 rings (SSSR count). The number of nitrogens with one attached hydrogen (secondary N) is 8. The molecule has 2 heterocycles. The minimum Gasteiger partial charge on any atom is -0.347 e. The lowest BCUT2D eigenvalue weighted by molar-refractivity contribution is -0.144.